The summed E-state index contributed by atoms with van der Waals surface area (Å²) in [7, 11) is -1.37. The molecule has 1 aromatic rings. The Bertz CT molecular complexity index is 754. The predicted octanol–water partition coefficient (Wildman–Crippen LogP) is 7.30. The van der Waals surface area contributed by atoms with Crippen LogP contribution in [-0.2, 0) is 0 Å². The van der Waals surface area contributed by atoms with E-state index in [0.717, 1.165) is 28.7 Å². The zero-order valence-corrected chi connectivity index (χ0v) is 22.2. The number of carbonyl (C=O) groups excluding carboxylic acids is 1. The van der Waals surface area contributed by atoms with Gasteiger partial charge in [-0.05, 0) is 93.1 Å². The molecule has 1 N–H and O–H groups in total. The molecule has 3 aliphatic rings. The van der Waals surface area contributed by atoms with Crippen LogP contribution in [0.5, 0.6) is 0 Å². The molecule has 3 heteroatoms. The highest BCUT2D eigenvalue weighted by Crippen LogP contribution is 2.64. The maximum Gasteiger partial charge on any atom is 0.251 e. The highest BCUT2D eigenvalue weighted by atomic mass is 28.3. The Hall–Kier alpha value is -1.09. The van der Waals surface area contributed by atoms with Crippen molar-refractivity contribution in [3.05, 3.63) is 29.8 Å². The fraction of sp³-hybridized carbons (Fsp3) is 0.759. The van der Waals surface area contributed by atoms with Crippen molar-refractivity contribution in [1.82, 2.24) is 5.32 Å². The Morgan fingerprint density at radius 3 is 2.16 bits per heavy atom. The molecule has 1 spiro atoms. The molecule has 2 nitrogen and oxygen atoms in total. The molecule has 1 amide bonds. The molecule has 0 aromatic heterocycles. The normalized spacial score (nSPS) is 32.6. The summed E-state index contributed by atoms with van der Waals surface area (Å²) in [5.41, 5.74) is 1.61. The van der Waals surface area contributed by atoms with Gasteiger partial charge in [-0.3, -0.25) is 4.79 Å². The van der Waals surface area contributed by atoms with Crippen LogP contribution in [0.15, 0.2) is 24.3 Å². The summed E-state index contributed by atoms with van der Waals surface area (Å²) in [6.45, 7) is 9.56. The van der Waals surface area contributed by atoms with Crippen LogP contribution in [0.1, 0.15) is 101 Å². The SMILES string of the molecule is CCCC[Si](C)(C)c1ccc(C(=O)NC2CCC(C3CCC4(CC3)C[C@@H]4CC)CC2)cc1. The lowest BCUT2D eigenvalue weighted by Crippen LogP contribution is -2.41. The summed E-state index contributed by atoms with van der Waals surface area (Å²) in [5, 5.41) is 4.84. The van der Waals surface area contributed by atoms with E-state index in [1.54, 1.807) is 0 Å². The molecule has 0 aliphatic heterocycles. The van der Waals surface area contributed by atoms with Crippen molar-refractivity contribution in [2.24, 2.45) is 23.2 Å². The third-order valence-corrected chi connectivity index (χ3v) is 13.2. The molecule has 0 bridgehead atoms. The number of hydrogen-bond acceptors (Lipinski definition) is 1. The smallest absolute Gasteiger partial charge is 0.251 e. The van der Waals surface area contributed by atoms with Crippen LogP contribution < -0.4 is 10.5 Å². The average Bonchev–Trinajstić information content (AvgIpc) is 3.50. The van der Waals surface area contributed by atoms with Gasteiger partial charge in [-0.15, -0.1) is 0 Å². The number of hydrogen-bond donors (Lipinski definition) is 1. The zero-order chi connectivity index (χ0) is 22.8. The maximum absolute atomic E-state index is 12.9. The molecule has 0 radical (unpaired) electrons. The molecular weight excluding hydrogens is 406 g/mol. The lowest BCUT2D eigenvalue weighted by molar-refractivity contribution is 0.0902. The fourth-order valence-electron chi connectivity index (χ4n) is 7.15. The number of carbonyl (C=O) groups is 1. The lowest BCUT2D eigenvalue weighted by atomic mass is 9.68. The summed E-state index contributed by atoms with van der Waals surface area (Å²) in [6, 6.07) is 10.3. The van der Waals surface area contributed by atoms with E-state index in [4.69, 9.17) is 0 Å². The van der Waals surface area contributed by atoms with Crippen molar-refractivity contribution in [2.45, 2.75) is 116 Å². The van der Waals surface area contributed by atoms with Crippen LogP contribution in [0.3, 0.4) is 0 Å². The average molecular weight is 454 g/mol. The number of nitrogens with one attached hydrogen (secondary N) is 1. The molecule has 4 rings (SSSR count). The van der Waals surface area contributed by atoms with Crippen molar-refractivity contribution in [2.75, 3.05) is 0 Å². The molecule has 3 saturated carbocycles. The molecule has 0 saturated heterocycles. The van der Waals surface area contributed by atoms with Gasteiger partial charge < -0.3 is 5.32 Å². The number of unbranched alkanes of at least 4 members (excludes halogenated alkanes) is 1. The molecule has 178 valence electrons. The standard InChI is InChI=1S/C29H47NOSi/c1-5-7-20-32(3,4)27-14-10-24(11-15-27)28(31)30-26-12-8-22(9-13-26)23-16-18-29(19-17-23)21-25(29)6-2/h10-11,14-15,22-23,25-26H,5-9,12-13,16-21H2,1-4H3,(H,30,31)/t22?,23?,25-,26?,29?/m0/s1. The summed E-state index contributed by atoms with van der Waals surface area (Å²) >= 11 is 0. The molecule has 32 heavy (non-hydrogen) atoms. The molecule has 0 unspecified atom stereocenters. The first kappa shape index (κ1) is 24.0. The third-order valence-electron chi connectivity index (χ3n) is 9.74. The highest BCUT2D eigenvalue weighted by Gasteiger charge is 2.53. The maximum atomic E-state index is 12.9. The van der Waals surface area contributed by atoms with E-state index < -0.39 is 8.07 Å². The quantitative estimate of drug-likeness (QED) is 0.411. The fourth-order valence-corrected chi connectivity index (χ4v) is 9.74. The van der Waals surface area contributed by atoms with E-state index in [2.05, 4.69) is 56.5 Å². The monoisotopic (exact) mass is 453 g/mol. The minimum atomic E-state index is -1.37. The van der Waals surface area contributed by atoms with Crippen molar-refractivity contribution >= 4 is 19.2 Å². The van der Waals surface area contributed by atoms with Gasteiger partial charge in [0.1, 0.15) is 0 Å². The Balaban J connectivity index is 1.22. The number of benzene rings is 1. The minimum Gasteiger partial charge on any atom is -0.349 e. The third kappa shape index (κ3) is 5.34. The van der Waals surface area contributed by atoms with Gasteiger partial charge in [-0.25, -0.2) is 0 Å². The number of amides is 1. The Labute approximate surface area is 198 Å². The summed E-state index contributed by atoms with van der Waals surface area (Å²) < 4.78 is 0. The zero-order valence-electron chi connectivity index (χ0n) is 21.2. The van der Waals surface area contributed by atoms with Crippen molar-refractivity contribution in [3.8, 4) is 0 Å². The first-order valence-corrected chi connectivity index (χ1v) is 17.0. The van der Waals surface area contributed by atoms with Crippen LogP contribution in [0.25, 0.3) is 0 Å². The van der Waals surface area contributed by atoms with Crippen LogP contribution >= 0.6 is 0 Å². The highest BCUT2D eigenvalue weighted by molar-refractivity contribution is 6.89. The second kappa shape index (κ2) is 10.0. The first-order chi connectivity index (χ1) is 15.4. The van der Waals surface area contributed by atoms with Gasteiger partial charge in [0, 0.05) is 11.6 Å². The van der Waals surface area contributed by atoms with E-state index in [1.807, 2.05) is 0 Å². The molecule has 3 fully saturated rings. The van der Waals surface area contributed by atoms with Crippen molar-refractivity contribution in [1.29, 1.82) is 0 Å². The van der Waals surface area contributed by atoms with Crippen LogP contribution in [0, 0.1) is 23.2 Å². The van der Waals surface area contributed by atoms with Gasteiger partial charge >= 0.3 is 0 Å². The van der Waals surface area contributed by atoms with Crippen LogP contribution in [-0.4, -0.2) is 20.0 Å². The van der Waals surface area contributed by atoms with Gasteiger partial charge in [-0.2, -0.15) is 0 Å². The van der Waals surface area contributed by atoms with Crippen molar-refractivity contribution < 1.29 is 4.79 Å². The first-order valence-electron chi connectivity index (χ1n) is 13.8. The van der Waals surface area contributed by atoms with E-state index in [0.29, 0.717) is 6.04 Å². The molecule has 3 aliphatic carbocycles. The molecule has 0 heterocycles. The summed E-state index contributed by atoms with van der Waals surface area (Å²) in [4.78, 5) is 12.9. The Morgan fingerprint density at radius 2 is 1.59 bits per heavy atom. The second-order valence-corrected chi connectivity index (χ2v) is 17.0. The van der Waals surface area contributed by atoms with Gasteiger partial charge in [0.2, 0.25) is 0 Å². The Morgan fingerprint density at radius 1 is 0.969 bits per heavy atom. The van der Waals surface area contributed by atoms with E-state index >= 15 is 0 Å². The lowest BCUT2D eigenvalue weighted by Gasteiger charge is -2.38. The van der Waals surface area contributed by atoms with E-state index in [9.17, 15) is 4.79 Å². The summed E-state index contributed by atoms with van der Waals surface area (Å²) in [5.74, 6) is 3.05. The topological polar surface area (TPSA) is 29.1 Å². The molecule has 1 aromatic carbocycles. The van der Waals surface area contributed by atoms with Gasteiger partial charge in [0.25, 0.3) is 5.91 Å². The van der Waals surface area contributed by atoms with Gasteiger partial charge in [-0.1, -0.05) is 69.6 Å². The minimum absolute atomic E-state index is 0.131. The number of rotatable bonds is 8. The molecular formula is C29H47NOSi. The predicted molar refractivity (Wildman–Crippen MR) is 139 cm³/mol. The van der Waals surface area contributed by atoms with Gasteiger partial charge in [0.05, 0.1) is 8.07 Å². The van der Waals surface area contributed by atoms with Gasteiger partial charge in [0.15, 0.2) is 0 Å². The molecule has 1 atom stereocenters. The van der Waals surface area contributed by atoms with E-state index in [1.165, 1.54) is 88.3 Å². The Kier molecular flexibility index (Phi) is 7.54. The second-order valence-electron chi connectivity index (χ2n) is 12.2. The summed E-state index contributed by atoms with van der Waals surface area (Å²) in [6.07, 6.45) is 16.4. The van der Waals surface area contributed by atoms with Crippen molar-refractivity contribution in [3.63, 3.8) is 0 Å². The van der Waals surface area contributed by atoms with Crippen LogP contribution in [0.2, 0.25) is 19.1 Å². The van der Waals surface area contributed by atoms with Crippen LogP contribution in [0.4, 0.5) is 0 Å². The largest absolute Gasteiger partial charge is 0.349 e. The van der Waals surface area contributed by atoms with E-state index in [-0.39, 0.29) is 5.91 Å².